The van der Waals surface area contributed by atoms with Gasteiger partial charge in [-0.2, -0.15) is 0 Å². The molecule has 0 aromatic heterocycles. The van der Waals surface area contributed by atoms with Gasteiger partial charge in [0.05, 0.1) is 24.5 Å². The Morgan fingerprint density at radius 1 is 0.871 bits per heavy atom. The first-order valence-electron chi connectivity index (χ1n) is 9.92. The summed E-state index contributed by atoms with van der Waals surface area (Å²) in [6.07, 6.45) is 1.40. The molecule has 6 nitrogen and oxygen atoms in total. The smallest absolute Gasteiger partial charge is 0.259 e. The molecule has 1 amide bonds. The number of nitrogens with two attached hydrogens (primary N) is 2. The molecule has 3 rings (SSSR count). The van der Waals surface area contributed by atoms with Crippen LogP contribution in [0.2, 0.25) is 5.02 Å². The number of halogens is 2. The zero-order valence-electron chi connectivity index (χ0n) is 17.1. The lowest BCUT2D eigenvalue weighted by atomic mass is 10.0. The molecule has 0 unspecified atom stereocenters. The summed E-state index contributed by atoms with van der Waals surface area (Å²) in [7, 11) is 0. The van der Waals surface area contributed by atoms with Crippen LogP contribution in [0.4, 0.5) is 5.69 Å². The minimum absolute atomic E-state index is 0. The van der Waals surface area contributed by atoms with Crippen LogP contribution in [0.1, 0.15) is 23.2 Å². The van der Waals surface area contributed by atoms with Crippen LogP contribution < -0.4 is 26.3 Å². The standard InChI is InChI=1S/C23H26ClN3O3.ClH/c24-18-7-8-20(22(15-18)30-12-4-10-26)27-23(28)19-13-16-5-1-2-6-17(16)14-21(19)29-11-3-9-25;/h1-2,5-8,13-15H,3-4,9-12,25-26H2,(H,27,28);1H. The van der Waals surface area contributed by atoms with Gasteiger partial charge in [0.1, 0.15) is 11.5 Å². The van der Waals surface area contributed by atoms with E-state index >= 15 is 0 Å². The van der Waals surface area contributed by atoms with Crippen molar-refractivity contribution < 1.29 is 14.3 Å². The number of carbonyl (C=O) groups excluding carboxylic acids is 1. The van der Waals surface area contributed by atoms with Gasteiger partial charge in [0.15, 0.2) is 0 Å². The molecule has 31 heavy (non-hydrogen) atoms. The molecular formula is C23H27Cl2N3O3. The molecule has 0 bridgehead atoms. The van der Waals surface area contributed by atoms with E-state index in [0.717, 1.165) is 10.8 Å². The van der Waals surface area contributed by atoms with Crippen LogP contribution >= 0.6 is 24.0 Å². The molecule has 0 spiro atoms. The normalized spacial score (nSPS) is 10.4. The van der Waals surface area contributed by atoms with Gasteiger partial charge in [0.25, 0.3) is 5.91 Å². The van der Waals surface area contributed by atoms with E-state index in [1.807, 2.05) is 36.4 Å². The van der Waals surface area contributed by atoms with Crippen molar-refractivity contribution in [3.63, 3.8) is 0 Å². The third-order valence-corrected chi connectivity index (χ3v) is 4.73. The zero-order chi connectivity index (χ0) is 21.3. The van der Waals surface area contributed by atoms with Crippen molar-refractivity contribution in [2.45, 2.75) is 12.8 Å². The quantitative estimate of drug-likeness (QED) is 0.380. The molecule has 0 aliphatic carbocycles. The molecule has 0 radical (unpaired) electrons. The molecule has 166 valence electrons. The van der Waals surface area contributed by atoms with Crippen molar-refractivity contribution in [2.75, 3.05) is 31.6 Å². The average Bonchev–Trinajstić information content (AvgIpc) is 2.75. The first kappa shape index (κ1) is 24.8. The third-order valence-electron chi connectivity index (χ3n) is 4.50. The molecule has 0 saturated heterocycles. The Kier molecular flexibility index (Phi) is 9.88. The fraction of sp³-hybridized carbons (Fsp3) is 0.261. The number of hydrogen-bond donors (Lipinski definition) is 3. The summed E-state index contributed by atoms with van der Waals surface area (Å²) in [6.45, 7) is 1.90. The molecule has 3 aromatic rings. The maximum Gasteiger partial charge on any atom is 0.259 e. The molecule has 5 N–H and O–H groups in total. The highest BCUT2D eigenvalue weighted by molar-refractivity contribution is 6.30. The number of carbonyl (C=O) groups is 1. The minimum atomic E-state index is -0.297. The molecule has 0 fully saturated rings. The van der Waals surface area contributed by atoms with Crippen molar-refractivity contribution in [3.05, 3.63) is 65.2 Å². The van der Waals surface area contributed by atoms with Gasteiger partial charge in [-0.15, -0.1) is 12.4 Å². The van der Waals surface area contributed by atoms with E-state index in [9.17, 15) is 4.79 Å². The van der Waals surface area contributed by atoms with Crippen LogP contribution in [0.15, 0.2) is 54.6 Å². The molecule has 0 atom stereocenters. The highest BCUT2D eigenvalue weighted by Gasteiger charge is 2.17. The van der Waals surface area contributed by atoms with Crippen LogP contribution in [0.25, 0.3) is 10.8 Å². The van der Waals surface area contributed by atoms with Crippen molar-refractivity contribution in [3.8, 4) is 11.5 Å². The van der Waals surface area contributed by atoms with E-state index in [2.05, 4.69) is 5.32 Å². The number of ether oxygens (including phenoxy) is 2. The predicted molar refractivity (Wildman–Crippen MR) is 129 cm³/mol. The zero-order valence-corrected chi connectivity index (χ0v) is 18.7. The van der Waals surface area contributed by atoms with E-state index in [0.29, 0.717) is 66.9 Å². The summed E-state index contributed by atoms with van der Waals surface area (Å²) in [5.74, 6) is 0.712. The van der Waals surface area contributed by atoms with Crippen LogP contribution in [-0.2, 0) is 0 Å². The third kappa shape index (κ3) is 6.74. The Hall–Kier alpha value is -2.51. The first-order valence-corrected chi connectivity index (χ1v) is 10.3. The second-order valence-corrected chi connectivity index (χ2v) is 7.21. The molecule has 0 aliphatic rings. The van der Waals surface area contributed by atoms with Crippen LogP contribution in [0.5, 0.6) is 11.5 Å². The lowest BCUT2D eigenvalue weighted by Crippen LogP contribution is -2.16. The monoisotopic (exact) mass is 463 g/mol. The number of anilines is 1. The van der Waals surface area contributed by atoms with Gasteiger partial charge in [-0.05, 0) is 61.0 Å². The number of benzene rings is 3. The first-order chi connectivity index (χ1) is 14.6. The van der Waals surface area contributed by atoms with Crippen molar-refractivity contribution in [2.24, 2.45) is 11.5 Å². The Balaban J connectivity index is 0.00000341. The van der Waals surface area contributed by atoms with E-state index in [-0.39, 0.29) is 18.3 Å². The van der Waals surface area contributed by atoms with Crippen molar-refractivity contribution >= 4 is 46.4 Å². The topological polar surface area (TPSA) is 99.6 Å². The van der Waals surface area contributed by atoms with Gasteiger partial charge in [-0.1, -0.05) is 35.9 Å². The molecule has 3 aromatic carbocycles. The Morgan fingerprint density at radius 3 is 2.13 bits per heavy atom. The van der Waals surface area contributed by atoms with Crippen molar-refractivity contribution in [1.82, 2.24) is 0 Å². The SMILES string of the molecule is Cl.NCCCOc1cc(Cl)ccc1NC(=O)c1cc2ccccc2cc1OCCCN. The molecule has 0 aliphatic heterocycles. The fourth-order valence-electron chi connectivity index (χ4n) is 2.96. The maximum absolute atomic E-state index is 13.2. The van der Waals surface area contributed by atoms with Crippen LogP contribution in [-0.4, -0.2) is 32.2 Å². The van der Waals surface area contributed by atoms with Gasteiger partial charge < -0.3 is 26.3 Å². The summed E-state index contributed by atoms with van der Waals surface area (Å²) in [5, 5.41) is 5.38. The van der Waals surface area contributed by atoms with Crippen LogP contribution in [0.3, 0.4) is 0 Å². The molecular weight excluding hydrogens is 437 g/mol. The van der Waals surface area contributed by atoms with Gasteiger partial charge in [-0.3, -0.25) is 4.79 Å². The van der Waals surface area contributed by atoms with Crippen molar-refractivity contribution in [1.29, 1.82) is 0 Å². The average molecular weight is 464 g/mol. The number of fused-ring (bicyclic) bond motifs is 1. The van der Waals surface area contributed by atoms with Crippen LogP contribution in [0, 0.1) is 0 Å². The second kappa shape index (κ2) is 12.4. The number of amides is 1. The van der Waals surface area contributed by atoms with Gasteiger partial charge in [0.2, 0.25) is 0 Å². The lowest BCUT2D eigenvalue weighted by Gasteiger charge is -2.15. The maximum atomic E-state index is 13.2. The molecule has 0 saturated carbocycles. The highest BCUT2D eigenvalue weighted by Crippen LogP contribution is 2.31. The van der Waals surface area contributed by atoms with Gasteiger partial charge in [0, 0.05) is 11.1 Å². The summed E-state index contributed by atoms with van der Waals surface area (Å²) in [4.78, 5) is 13.2. The lowest BCUT2D eigenvalue weighted by molar-refractivity contribution is 0.102. The summed E-state index contributed by atoms with van der Waals surface area (Å²) < 4.78 is 11.6. The highest BCUT2D eigenvalue weighted by atomic mass is 35.5. The largest absolute Gasteiger partial charge is 0.493 e. The Bertz CT molecular complexity index is 1010. The second-order valence-electron chi connectivity index (χ2n) is 6.77. The number of nitrogens with one attached hydrogen (secondary N) is 1. The number of hydrogen-bond acceptors (Lipinski definition) is 5. The van der Waals surface area contributed by atoms with E-state index in [4.69, 9.17) is 32.5 Å². The van der Waals surface area contributed by atoms with E-state index < -0.39 is 0 Å². The summed E-state index contributed by atoms with van der Waals surface area (Å²) in [5.41, 5.74) is 12.1. The summed E-state index contributed by atoms with van der Waals surface area (Å²) in [6, 6.07) is 16.6. The van der Waals surface area contributed by atoms with E-state index in [1.165, 1.54) is 0 Å². The molecule has 8 heteroatoms. The van der Waals surface area contributed by atoms with Gasteiger partial charge in [-0.25, -0.2) is 0 Å². The summed E-state index contributed by atoms with van der Waals surface area (Å²) >= 11 is 6.10. The fourth-order valence-corrected chi connectivity index (χ4v) is 3.12. The van der Waals surface area contributed by atoms with Gasteiger partial charge >= 0.3 is 0 Å². The molecule has 0 heterocycles. The Labute approximate surface area is 193 Å². The van der Waals surface area contributed by atoms with E-state index in [1.54, 1.807) is 18.2 Å². The Morgan fingerprint density at radius 2 is 1.48 bits per heavy atom. The predicted octanol–water partition coefficient (Wildman–Crippen LogP) is 4.62. The number of rotatable bonds is 10. The minimum Gasteiger partial charge on any atom is -0.493 e.